The van der Waals surface area contributed by atoms with Crippen molar-refractivity contribution in [3.63, 3.8) is 0 Å². The molecule has 0 spiro atoms. The number of rotatable bonds is 5. The lowest BCUT2D eigenvalue weighted by atomic mass is 10.1. The molecular weight excluding hydrogens is 334 g/mol. The topological polar surface area (TPSA) is 46.9 Å². The van der Waals surface area contributed by atoms with E-state index in [-0.39, 0.29) is 5.91 Å². The Labute approximate surface area is 152 Å². The van der Waals surface area contributed by atoms with Gasteiger partial charge in [0, 0.05) is 29.2 Å². The maximum Gasteiger partial charge on any atom is 0.253 e. The number of halogens is 1. The minimum atomic E-state index is -0.0646. The first kappa shape index (κ1) is 17.2. The Morgan fingerprint density at radius 1 is 1.20 bits per heavy atom. The maximum atomic E-state index is 12.6. The second-order valence-corrected chi connectivity index (χ2v) is 6.40. The summed E-state index contributed by atoms with van der Waals surface area (Å²) in [6, 6.07) is 13.5. The zero-order chi connectivity index (χ0) is 17.8. The molecule has 0 aliphatic carbocycles. The first-order valence-electron chi connectivity index (χ1n) is 8.18. The van der Waals surface area contributed by atoms with Gasteiger partial charge >= 0.3 is 0 Å². The van der Waals surface area contributed by atoms with Gasteiger partial charge in [-0.25, -0.2) is 0 Å². The number of benzene rings is 1. The minimum absolute atomic E-state index is 0.0646. The van der Waals surface area contributed by atoms with Crippen LogP contribution in [0.4, 0.5) is 0 Å². The second-order valence-electron chi connectivity index (χ2n) is 5.97. The van der Waals surface area contributed by atoms with Crippen LogP contribution in [0.25, 0.3) is 5.69 Å². The monoisotopic (exact) mass is 353 g/mol. The van der Waals surface area contributed by atoms with E-state index >= 15 is 0 Å². The molecule has 0 bridgehead atoms. The quantitative estimate of drug-likeness (QED) is 0.750. The molecule has 4 nitrogen and oxygen atoms in total. The molecule has 0 saturated carbocycles. The molecule has 1 N–H and O–H groups in total. The van der Waals surface area contributed by atoms with E-state index in [1.54, 1.807) is 12.4 Å². The molecule has 0 aliphatic heterocycles. The standard InChI is InChI=1S/C20H20ClN3O/c1-14-11-19(15(2)24(14)18-7-4-9-22-13-18)20(25)23-10-8-16-5-3-6-17(21)12-16/h3-7,9,11-13H,8,10H2,1-2H3,(H,23,25). The first-order valence-corrected chi connectivity index (χ1v) is 8.56. The Morgan fingerprint density at radius 3 is 2.76 bits per heavy atom. The number of carbonyl (C=O) groups is 1. The van der Waals surface area contributed by atoms with Gasteiger partial charge in [0.25, 0.3) is 5.91 Å². The van der Waals surface area contributed by atoms with E-state index in [1.807, 2.05) is 60.9 Å². The number of nitrogens with zero attached hydrogens (tertiary/aromatic N) is 2. The molecule has 2 aromatic heterocycles. The van der Waals surface area contributed by atoms with Crippen molar-refractivity contribution in [3.8, 4) is 5.69 Å². The van der Waals surface area contributed by atoms with Gasteiger partial charge in [0.1, 0.15) is 0 Å². The summed E-state index contributed by atoms with van der Waals surface area (Å²) in [7, 11) is 0. The average Bonchev–Trinajstić information content (AvgIpc) is 2.90. The van der Waals surface area contributed by atoms with Crippen molar-refractivity contribution >= 4 is 17.5 Å². The van der Waals surface area contributed by atoms with E-state index in [9.17, 15) is 4.79 Å². The molecule has 0 atom stereocenters. The van der Waals surface area contributed by atoms with E-state index in [1.165, 1.54) is 0 Å². The number of nitrogens with one attached hydrogen (secondary N) is 1. The third-order valence-electron chi connectivity index (χ3n) is 4.17. The largest absolute Gasteiger partial charge is 0.352 e. The molecule has 2 heterocycles. The van der Waals surface area contributed by atoms with Gasteiger partial charge in [0.2, 0.25) is 0 Å². The van der Waals surface area contributed by atoms with Gasteiger partial charge in [-0.05, 0) is 56.2 Å². The highest BCUT2D eigenvalue weighted by molar-refractivity contribution is 6.30. The number of aromatic nitrogens is 2. The lowest BCUT2D eigenvalue weighted by Crippen LogP contribution is -2.26. The summed E-state index contributed by atoms with van der Waals surface area (Å²) in [6.07, 6.45) is 4.27. The minimum Gasteiger partial charge on any atom is -0.352 e. The lowest BCUT2D eigenvalue weighted by Gasteiger charge is -2.09. The molecule has 0 saturated heterocycles. The van der Waals surface area contributed by atoms with Gasteiger partial charge in [-0.15, -0.1) is 0 Å². The van der Waals surface area contributed by atoms with Crippen LogP contribution in [0.5, 0.6) is 0 Å². The second kappa shape index (κ2) is 7.53. The predicted octanol–water partition coefficient (Wildman–Crippen LogP) is 4.12. The van der Waals surface area contributed by atoms with Gasteiger partial charge in [-0.3, -0.25) is 9.78 Å². The smallest absolute Gasteiger partial charge is 0.253 e. The van der Waals surface area contributed by atoms with Crippen molar-refractivity contribution in [2.24, 2.45) is 0 Å². The molecule has 1 amide bonds. The van der Waals surface area contributed by atoms with E-state index in [2.05, 4.69) is 10.3 Å². The van der Waals surface area contributed by atoms with Crippen molar-refractivity contribution < 1.29 is 4.79 Å². The van der Waals surface area contributed by atoms with Gasteiger partial charge < -0.3 is 9.88 Å². The van der Waals surface area contributed by atoms with Crippen LogP contribution in [-0.2, 0) is 6.42 Å². The number of amides is 1. The van der Waals surface area contributed by atoms with Crippen LogP contribution < -0.4 is 5.32 Å². The molecular formula is C20H20ClN3O. The fourth-order valence-corrected chi connectivity index (χ4v) is 3.20. The van der Waals surface area contributed by atoms with E-state index in [0.717, 1.165) is 29.1 Å². The van der Waals surface area contributed by atoms with E-state index in [0.29, 0.717) is 17.1 Å². The summed E-state index contributed by atoms with van der Waals surface area (Å²) in [5.74, 6) is -0.0646. The van der Waals surface area contributed by atoms with Crippen LogP contribution in [0, 0.1) is 13.8 Å². The van der Waals surface area contributed by atoms with Crippen LogP contribution >= 0.6 is 11.6 Å². The van der Waals surface area contributed by atoms with Crippen LogP contribution in [0.1, 0.15) is 27.3 Å². The highest BCUT2D eigenvalue weighted by atomic mass is 35.5. The predicted molar refractivity (Wildman–Crippen MR) is 101 cm³/mol. The highest BCUT2D eigenvalue weighted by Crippen LogP contribution is 2.20. The molecule has 5 heteroatoms. The van der Waals surface area contributed by atoms with E-state index in [4.69, 9.17) is 11.6 Å². The third kappa shape index (κ3) is 3.91. The van der Waals surface area contributed by atoms with Crippen LogP contribution in [-0.4, -0.2) is 22.0 Å². The van der Waals surface area contributed by atoms with Gasteiger partial charge in [-0.2, -0.15) is 0 Å². The van der Waals surface area contributed by atoms with Crippen molar-refractivity contribution in [1.29, 1.82) is 0 Å². The molecule has 0 radical (unpaired) electrons. The summed E-state index contributed by atoms with van der Waals surface area (Å²) < 4.78 is 2.04. The summed E-state index contributed by atoms with van der Waals surface area (Å²) in [5, 5.41) is 3.70. The Balaban J connectivity index is 1.71. The first-order chi connectivity index (χ1) is 12.1. The molecule has 0 aliphatic rings. The van der Waals surface area contributed by atoms with Crippen molar-refractivity contribution in [2.75, 3.05) is 6.54 Å². The third-order valence-corrected chi connectivity index (χ3v) is 4.40. The Hall–Kier alpha value is -2.59. The highest BCUT2D eigenvalue weighted by Gasteiger charge is 2.16. The van der Waals surface area contributed by atoms with Gasteiger partial charge in [0.15, 0.2) is 0 Å². The summed E-state index contributed by atoms with van der Waals surface area (Å²) in [5.41, 5.74) is 4.66. The maximum absolute atomic E-state index is 12.6. The van der Waals surface area contributed by atoms with E-state index < -0.39 is 0 Å². The van der Waals surface area contributed by atoms with Crippen molar-refractivity contribution in [1.82, 2.24) is 14.9 Å². The number of hydrogen-bond acceptors (Lipinski definition) is 2. The molecule has 1 aromatic carbocycles. The van der Waals surface area contributed by atoms with Gasteiger partial charge in [-0.1, -0.05) is 23.7 Å². The molecule has 25 heavy (non-hydrogen) atoms. The molecule has 128 valence electrons. The number of pyridine rings is 1. The molecule has 3 aromatic rings. The summed E-state index contributed by atoms with van der Waals surface area (Å²) in [4.78, 5) is 16.7. The van der Waals surface area contributed by atoms with Crippen LogP contribution in [0.3, 0.4) is 0 Å². The fourth-order valence-electron chi connectivity index (χ4n) is 2.98. The summed E-state index contributed by atoms with van der Waals surface area (Å²) in [6.45, 7) is 4.50. The molecule has 0 unspecified atom stereocenters. The zero-order valence-corrected chi connectivity index (χ0v) is 15.0. The lowest BCUT2D eigenvalue weighted by molar-refractivity contribution is 0.0953. The molecule has 3 rings (SSSR count). The SMILES string of the molecule is Cc1cc(C(=O)NCCc2cccc(Cl)c2)c(C)n1-c1cccnc1. The zero-order valence-electron chi connectivity index (χ0n) is 14.3. The van der Waals surface area contributed by atoms with Crippen LogP contribution in [0.15, 0.2) is 54.9 Å². The Kier molecular flexibility index (Phi) is 5.19. The summed E-state index contributed by atoms with van der Waals surface area (Å²) >= 11 is 5.99. The van der Waals surface area contributed by atoms with Crippen LogP contribution in [0.2, 0.25) is 5.02 Å². The average molecular weight is 354 g/mol. The number of aryl methyl sites for hydroxylation is 1. The number of hydrogen-bond donors (Lipinski definition) is 1. The Bertz CT molecular complexity index is 887. The van der Waals surface area contributed by atoms with Gasteiger partial charge in [0.05, 0.1) is 17.4 Å². The Morgan fingerprint density at radius 2 is 2.04 bits per heavy atom. The van der Waals surface area contributed by atoms with Crippen molar-refractivity contribution in [3.05, 3.63) is 82.4 Å². The normalized spacial score (nSPS) is 10.7. The van der Waals surface area contributed by atoms with Crippen molar-refractivity contribution in [2.45, 2.75) is 20.3 Å². The number of carbonyl (C=O) groups excluding carboxylic acids is 1. The molecule has 0 fully saturated rings. The fraction of sp³-hybridized carbons (Fsp3) is 0.200.